The van der Waals surface area contributed by atoms with Crippen molar-refractivity contribution in [1.82, 2.24) is 5.32 Å². The van der Waals surface area contributed by atoms with Crippen molar-refractivity contribution in [2.24, 2.45) is 11.8 Å². The lowest BCUT2D eigenvalue weighted by Gasteiger charge is -2.25. The zero-order valence-corrected chi connectivity index (χ0v) is 12.0. The summed E-state index contributed by atoms with van der Waals surface area (Å²) in [7, 11) is 0. The van der Waals surface area contributed by atoms with E-state index in [-0.39, 0.29) is 23.4 Å². The van der Waals surface area contributed by atoms with Gasteiger partial charge in [-0.3, -0.25) is 19.7 Å². The molecule has 0 bridgehead atoms. The molecule has 1 saturated carbocycles. The second-order valence-corrected chi connectivity index (χ2v) is 5.53. The lowest BCUT2D eigenvalue weighted by atomic mass is 9.81. The van der Waals surface area contributed by atoms with E-state index >= 15 is 0 Å². The van der Waals surface area contributed by atoms with Crippen LogP contribution >= 0.6 is 0 Å². The van der Waals surface area contributed by atoms with Gasteiger partial charge in [0.15, 0.2) is 0 Å². The van der Waals surface area contributed by atoms with Crippen LogP contribution < -0.4 is 5.32 Å². The monoisotopic (exact) mass is 306 g/mol. The molecule has 1 amide bonds. The van der Waals surface area contributed by atoms with Gasteiger partial charge in [-0.1, -0.05) is 12.1 Å². The molecule has 1 fully saturated rings. The van der Waals surface area contributed by atoms with Gasteiger partial charge in [0.25, 0.3) is 5.69 Å². The minimum atomic E-state index is -0.787. The zero-order chi connectivity index (χ0) is 16.1. The second kappa shape index (κ2) is 7.02. The van der Waals surface area contributed by atoms with Crippen LogP contribution in [-0.4, -0.2) is 21.9 Å². The van der Waals surface area contributed by atoms with Crippen molar-refractivity contribution in [2.45, 2.75) is 32.2 Å². The molecular formula is C15H18N2O5. The van der Waals surface area contributed by atoms with Gasteiger partial charge in [-0.2, -0.15) is 0 Å². The number of carbonyl (C=O) groups excluding carboxylic acids is 1. The number of hydrogen-bond donors (Lipinski definition) is 2. The lowest BCUT2D eigenvalue weighted by molar-refractivity contribution is -0.384. The molecule has 1 aromatic carbocycles. The van der Waals surface area contributed by atoms with E-state index in [0.717, 1.165) is 5.56 Å². The van der Waals surface area contributed by atoms with E-state index in [2.05, 4.69) is 5.32 Å². The standard InChI is InChI=1S/C15H18N2O5/c18-14(11-3-5-12(6-4-11)15(19)20)16-9-10-1-7-13(8-2-10)17(21)22/h1-2,7-8,11-12H,3-6,9H2,(H,16,18)(H,19,20). The number of amides is 1. The van der Waals surface area contributed by atoms with Crippen LogP contribution in [-0.2, 0) is 16.1 Å². The third-order valence-corrected chi connectivity index (χ3v) is 4.06. The maximum Gasteiger partial charge on any atom is 0.306 e. The molecule has 118 valence electrons. The molecule has 0 aliphatic heterocycles. The van der Waals surface area contributed by atoms with Gasteiger partial charge in [0.05, 0.1) is 10.8 Å². The number of nitro benzene ring substituents is 1. The molecule has 1 aromatic rings. The molecule has 0 aromatic heterocycles. The fourth-order valence-corrected chi connectivity index (χ4v) is 2.67. The Morgan fingerprint density at radius 2 is 1.68 bits per heavy atom. The van der Waals surface area contributed by atoms with Crippen molar-refractivity contribution in [2.75, 3.05) is 0 Å². The number of non-ortho nitro benzene ring substituents is 1. The molecule has 0 atom stereocenters. The van der Waals surface area contributed by atoms with Gasteiger partial charge in [-0.15, -0.1) is 0 Å². The number of carboxylic acid groups (broad SMARTS) is 1. The summed E-state index contributed by atoms with van der Waals surface area (Å²) in [5, 5.41) is 22.3. The first-order valence-corrected chi connectivity index (χ1v) is 7.21. The average Bonchev–Trinajstić information content (AvgIpc) is 2.53. The predicted molar refractivity (Wildman–Crippen MR) is 78.0 cm³/mol. The zero-order valence-electron chi connectivity index (χ0n) is 12.0. The molecule has 2 rings (SSSR count). The Morgan fingerprint density at radius 1 is 1.14 bits per heavy atom. The highest BCUT2D eigenvalue weighted by Gasteiger charge is 2.29. The average molecular weight is 306 g/mol. The number of benzene rings is 1. The quantitative estimate of drug-likeness (QED) is 0.639. The highest BCUT2D eigenvalue weighted by Crippen LogP contribution is 2.29. The van der Waals surface area contributed by atoms with Crippen molar-refractivity contribution in [3.63, 3.8) is 0 Å². The Kier molecular flexibility index (Phi) is 5.08. The smallest absolute Gasteiger partial charge is 0.306 e. The molecule has 0 unspecified atom stereocenters. The van der Waals surface area contributed by atoms with Gasteiger partial charge in [0.2, 0.25) is 5.91 Å². The van der Waals surface area contributed by atoms with E-state index in [1.54, 1.807) is 12.1 Å². The Morgan fingerprint density at radius 3 is 2.18 bits per heavy atom. The Labute approximate surface area is 127 Å². The second-order valence-electron chi connectivity index (χ2n) is 5.53. The van der Waals surface area contributed by atoms with Crippen LogP contribution in [0.5, 0.6) is 0 Å². The molecule has 2 N–H and O–H groups in total. The van der Waals surface area contributed by atoms with Crippen molar-refractivity contribution in [3.8, 4) is 0 Å². The van der Waals surface area contributed by atoms with Gasteiger partial charge < -0.3 is 10.4 Å². The highest BCUT2D eigenvalue weighted by molar-refractivity contribution is 5.79. The predicted octanol–water partition coefficient (Wildman–Crippen LogP) is 2.10. The molecule has 0 spiro atoms. The van der Waals surface area contributed by atoms with E-state index in [9.17, 15) is 19.7 Å². The molecule has 0 saturated heterocycles. The summed E-state index contributed by atoms with van der Waals surface area (Å²) in [5.41, 5.74) is 0.806. The third kappa shape index (κ3) is 4.03. The summed E-state index contributed by atoms with van der Waals surface area (Å²) in [5.74, 6) is -1.35. The summed E-state index contributed by atoms with van der Waals surface area (Å²) < 4.78 is 0. The van der Waals surface area contributed by atoms with Crippen LogP contribution in [0.1, 0.15) is 31.2 Å². The molecule has 1 aliphatic carbocycles. The van der Waals surface area contributed by atoms with E-state index in [4.69, 9.17) is 5.11 Å². The number of nitrogens with one attached hydrogen (secondary N) is 1. The summed E-state index contributed by atoms with van der Waals surface area (Å²) in [6.07, 6.45) is 2.24. The number of carboxylic acids is 1. The molecule has 0 heterocycles. The minimum absolute atomic E-state index is 0.0158. The van der Waals surface area contributed by atoms with Crippen LogP contribution in [0, 0.1) is 22.0 Å². The number of rotatable bonds is 5. The topological polar surface area (TPSA) is 110 Å². The largest absolute Gasteiger partial charge is 0.481 e. The number of nitrogens with zero attached hydrogens (tertiary/aromatic N) is 1. The number of hydrogen-bond acceptors (Lipinski definition) is 4. The maximum atomic E-state index is 12.1. The highest BCUT2D eigenvalue weighted by atomic mass is 16.6. The van der Waals surface area contributed by atoms with Gasteiger partial charge in [0, 0.05) is 24.6 Å². The van der Waals surface area contributed by atoms with Crippen molar-refractivity contribution in [1.29, 1.82) is 0 Å². The fraction of sp³-hybridized carbons (Fsp3) is 0.467. The van der Waals surface area contributed by atoms with Crippen LogP contribution in [0.15, 0.2) is 24.3 Å². The van der Waals surface area contributed by atoms with Crippen molar-refractivity contribution in [3.05, 3.63) is 39.9 Å². The molecule has 22 heavy (non-hydrogen) atoms. The first-order chi connectivity index (χ1) is 10.5. The van der Waals surface area contributed by atoms with Crippen LogP contribution in [0.3, 0.4) is 0 Å². The van der Waals surface area contributed by atoms with E-state index in [1.165, 1.54) is 12.1 Å². The van der Waals surface area contributed by atoms with Gasteiger partial charge in [-0.05, 0) is 31.2 Å². The number of carbonyl (C=O) groups is 2. The lowest BCUT2D eigenvalue weighted by Crippen LogP contribution is -2.34. The first kappa shape index (κ1) is 15.9. The SMILES string of the molecule is O=C(O)C1CCC(C(=O)NCc2ccc([N+](=O)[O-])cc2)CC1. The Bertz CT molecular complexity index is 562. The van der Waals surface area contributed by atoms with Crippen LogP contribution in [0.25, 0.3) is 0 Å². The van der Waals surface area contributed by atoms with E-state index < -0.39 is 10.9 Å². The Balaban J connectivity index is 1.80. The molecule has 7 heteroatoms. The maximum absolute atomic E-state index is 12.1. The van der Waals surface area contributed by atoms with Gasteiger partial charge >= 0.3 is 5.97 Å². The summed E-state index contributed by atoms with van der Waals surface area (Å²) in [6, 6.07) is 6.03. The van der Waals surface area contributed by atoms with E-state index in [1.807, 2.05) is 0 Å². The Hall–Kier alpha value is -2.44. The third-order valence-electron chi connectivity index (χ3n) is 4.06. The van der Waals surface area contributed by atoms with Crippen molar-refractivity contribution >= 4 is 17.6 Å². The van der Waals surface area contributed by atoms with Gasteiger partial charge in [-0.25, -0.2) is 0 Å². The minimum Gasteiger partial charge on any atom is -0.481 e. The first-order valence-electron chi connectivity index (χ1n) is 7.21. The fourth-order valence-electron chi connectivity index (χ4n) is 2.67. The van der Waals surface area contributed by atoms with Crippen molar-refractivity contribution < 1.29 is 19.6 Å². The van der Waals surface area contributed by atoms with E-state index in [0.29, 0.717) is 32.2 Å². The summed E-state index contributed by atoms with van der Waals surface area (Å²) in [6.45, 7) is 0.315. The molecule has 7 nitrogen and oxygen atoms in total. The van der Waals surface area contributed by atoms with Crippen LogP contribution in [0.4, 0.5) is 5.69 Å². The van der Waals surface area contributed by atoms with Gasteiger partial charge in [0.1, 0.15) is 0 Å². The molecule has 1 aliphatic rings. The summed E-state index contributed by atoms with van der Waals surface area (Å²) >= 11 is 0. The number of aliphatic carboxylic acids is 1. The normalized spacial score (nSPS) is 21.1. The number of nitro groups is 1. The summed E-state index contributed by atoms with van der Waals surface area (Å²) in [4.78, 5) is 33.0. The molecular weight excluding hydrogens is 288 g/mol. The van der Waals surface area contributed by atoms with Crippen LogP contribution in [0.2, 0.25) is 0 Å². The molecule has 0 radical (unpaired) electrons.